The van der Waals surface area contributed by atoms with Crippen LogP contribution in [-0.2, 0) is 0 Å². The lowest BCUT2D eigenvalue weighted by atomic mass is 9.65. The maximum Gasteiger partial charge on any atom is -0.0269 e. The Bertz CT molecular complexity index is 153. The summed E-state index contributed by atoms with van der Waals surface area (Å²) in [7, 11) is 0. The van der Waals surface area contributed by atoms with Crippen LogP contribution in [0.15, 0.2) is 0 Å². The van der Waals surface area contributed by atoms with Crippen LogP contribution in [0.1, 0.15) is 58.8 Å². The highest BCUT2D eigenvalue weighted by atomic mass is 14.5. The fourth-order valence-electron chi connectivity index (χ4n) is 3.84. The van der Waals surface area contributed by atoms with E-state index in [0.717, 1.165) is 17.3 Å². The molecule has 0 heteroatoms. The summed E-state index contributed by atoms with van der Waals surface area (Å²) in [5, 5.41) is 0. The molecule has 2 aliphatic rings. The first kappa shape index (κ1) is 8.59. The second-order valence-electron chi connectivity index (χ2n) is 5.13. The molecule has 0 amide bonds. The maximum absolute atomic E-state index is 2.57. The molecule has 0 spiro atoms. The van der Waals surface area contributed by atoms with Gasteiger partial charge >= 0.3 is 0 Å². The van der Waals surface area contributed by atoms with Crippen LogP contribution in [0.4, 0.5) is 0 Å². The molecule has 0 aromatic rings. The van der Waals surface area contributed by atoms with Crippen molar-refractivity contribution in [2.75, 3.05) is 0 Å². The van der Waals surface area contributed by atoms with Crippen LogP contribution in [0.5, 0.6) is 0 Å². The van der Waals surface area contributed by atoms with Crippen LogP contribution in [0.3, 0.4) is 0 Å². The summed E-state index contributed by atoms with van der Waals surface area (Å²) in [6.07, 6.45) is 10.6. The monoisotopic (exact) mass is 166 g/mol. The minimum atomic E-state index is 0.757. The van der Waals surface area contributed by atoms with Crippen molar-refractivity contribution >= 4 is 0 Å². The summed E-state index contributed by atoms with van der Waals surface area (Å²) < 4.78 is 0. The first-order valence-corrected chi connectivity index (χ1v) is 5.77. The van der Waals surface area contributed by atoms with Gasteiger partial charge < -0.3 is 0 Å². The fraction of sp³-hybridized carbons (Fsp3) is 1.00. The summed E-state index contributed by atoms with van der Waals surface area (Å²) in [6, 6.07) is 0. The number of hydrogen-bond acceptors (Lipinski definition) is 0. The van der Waals surface area contributed by atoms with Crippen LogP contribution in [-0.4, -0.2) is 0 Å². The molecular formula is C12H22. The molecule has 2 fully saturated rings. The van der Waals surface area contributed by atoms with Crippen molar-refractivity contribution in [1.82, 2.24) is 0 Å². The largest absolute Gasteiger partial charge is 0.0651 e. The Hall–Kier alpha value is 0. The zero-order valence-electron chi connectivity index (χ0n) is 8.60. The van der Waals surface area contributed by atoms with Crippen LogP contribution < -0.4 is 0 Å². The van der Waals surface area contributed by atoms with Crippen molar-refractivity contribution in [2.45, 2.75) is 58.8 Å². The lowest BCUT2D eigenvalue weighted by Gasteiger charge is -2.40. The van der Waals surface area contributed by atoms with E-state index in [9.17, 15) is 0 Å². The van der Waals surface area contributed by atoms with Gasteiger partial charge in [-0.3, -0.25) is 0 Å². The Morgan fingerprint density at radius 2 is 2.00 bits per heavy atom. The minimum absolute atomic E-state index is 0.757. The van der Waals surface area contributed by atoms with Gasteiger partial charge in [-0.15, -0.1) is 0 Å². The van der Waals surface area contributed by atoms with Gasteiger partial charge in [0, 0.05) is 0 Å². The predicted molar refractivity (Wildman–Crippen MR) is 53.1 cm³/mol. The molecule has 3 unspecified atom stereocenters. The van der Waals surface area contributed by atoms with Gasteiger partial charge in [0.25, 0.3) is 0 Å². The first-order valence-electron chi connectivity index (χ1n) is 5.77. The number of fused-ring (bicyclic) bond motifs is 1. The summed E-state index contributed by atoms with van der Waals surface area (Å²) in [6.45, 7) is 4.95. The van der Waals surface area contributed by atoms with Gasteiger partial charge in [-0.05, 0) is 42.9 Å². The number of hydrogen-bond donors (Lipinski definition) is 0. The van der Waals surface area contributed by atoms with Crippen molar-refractivity contribution in [3.8, 4) is 0 Å². The SMILES string of the molecule is CCC1CCC2CCCCC12C. The average Bonchev–Trinajstić information content (AvgIpc) is 2.41. The summed E-state index contributed by atoms with van der Waals surface area (Å²) >= 11 is 0. The van der Waals surface area contributed by atoms with Crippen molar-refractivity contribution in [1.29, 1.82) is 0 Å². The van der Waals surface area contributed by atoms with Crippen LogP contribution in [0.25, 0.3) is 0 Å². The van der Waals surface area contributed by atoms with E-state index in [-0.39, 0.29) is 0 Å². The van der Waals surface area contributed by atoms with Crippen molar-refractivity contribution in [2.24, 2.45) is 17.3 Å². The number of rotatable bonds is 1. The van der Waals surface area contributed by atoms with Gasteiger partial charge in [0.05, 0.1) is 0 Å². The molecule has 0 aromatic carbocycles. The molecule has 0 saturated heterocycles. The van der Waals surface area contributed by atoms with E-state index in [0.29, 0.717) is 0 Å². The normalized spacial score (nSPS) is 47.5. The Morgan fingerprint density at radius 1 is 1.17 bits per heavy atom. The van der Waals surface area contributed by atoms with E-state index in [2.05, 4.69) is 13.8 Å². The maximum atomic E-state index is 2.57. The zero-order chi connectivity index (χ0) is 8.60. The van der Waals surface area contributed by atoms with E-state index >= 15 is 0 Å². The van der Waals surface area contributed by atoms with Crippen molar-refractivity contribution in [3.63, 3.8) is 0 Å². The molecule has 0 N–H and O–H groups in total. The van der Waals surface area contributed by atoms with E-state index in [1.165, 1.54) is 44.9 Å². The van der Waals surface area contributed by atoms with Gasteiger partial charge in [-0.2, -0.15) is 0 Å². The quantitative estimate of drug-likeness (QED) is 0.552. The van der Waals surface area contributed by atoms with Gasteiger partial charge in [0.1, 0.15) is 0 Å². The highest BCUT2D eigenvalue weighted by Gasteiger charge is 2.45. The summed E-state index contributed by atoms with van der Waals surface area (Å²) in [5.74, 6) is 2.15. The van der Waals surface area contributed by atoms with E-state index in [1.54, 1.807) is 0 Å². The molecule has 0 aliphatic heterocycles. The smallest absolute Gasteiger partial charge is 0.0269 e. The third-order valence-electron chi connectivity index (χ3n) is 4.74. The van der Waals surface area contributed by atoms with Crippen LogP contribution in [0, 0.1) is 17.3 Å². The Labute approximate surface area is 76.7 Å². The molecule has 70 valence electrons. The lowest BCUT2D eigenvalue weighted by molar-refractivity contribution is 0.0974. The minimum Gasteiger partial charge on any atom is -0.0651 e. The molecule has 2 aliphatic carbocycles. The van der Waals surface area contributed by atoms with Gasteiger partial charge in [0.2, 0.25) is 0 Å². The standard InChI is InChI=1S/C12H22/c1-3-10-7-8-11-6-4-5-9-12(10,11)2/h10-11H,3-9H2,1-2H3. The third-order valence-corrected chi connectivity index (χ3v) is 4.74. The molecule has 0 aromatic heterocycles. The summed E-state index contributed by atoms with van der Waals surface area (Å²) in [5.41, 5.74) is 0.757. The average molecular weight is 166 g/mol. The van der Waals surface area contributed by atoms with E-state index < -0.39 is 0 Å². The summed E-state index contributed by atoms with van der Waals surface area (Å²) in [4.78, 5) is 0. The zero-order valence-corrected chi connectivity index (χ0v) is 8.60. The van der Waals surface area contributed by atoms with Crippen LogP contribution >= 0.6 is 0 Å². The van der Waals surface area contributed by atoms with Crippen LogP contribution in [0.2, 0.25) is 0 Å². The second-order valence-corrected chi connectivity index (χ2v) is 5.13. The first-order chi connectivity index (χ1) is 5.77. The molecule has 0 nitrogen and oxygen atoms in total. The third kappa shape index (κ3) is 1.11. The van der Waals surface area contributed by atoms with Crippen molar-refractivity contribution in [3.05, 3.63) is 0 Å². The topological polar surface area (TPSA) is 0 Å². The molecule has 0 heterocycles. The molecule has 12 heavy (non-hydrogen) atoms. The molecule has 0 radical (unpaired) electrons. The molecule has 2 rings (SSSR count). The van der Waals surface area contributed by atoms with Crippen molar-refractivity contribution < 1.29 is 0 Å². The highest BCUT2D eigenvalue weighted by Crippen LogP contribution is 2.56. The van der Waals surface area contributed by atoms with Gasteiger partial charge in [0.15, 0.2) is 0 Å². The Balaban J connectivity index is 2.13. The molecule has 3 atom stereocenters. The predicted octanol–water partition coefficient (Wildman–Crippen LogP) is 4.00. The molecule has 2 saturated carbocycles. The lowest BCUT2D eigenvalue weighted by Crippen LogP contribution is -2.31. The fourth-order valence-corrected chi connectivity index (χ4v) is 3.84. The highest BCUT2D eigenvalue weighted by molar-refractivity contribution is 4.96. The van der Waals surface area contributed by atoms with Gasteiger partial charge in [-0.25, -0.2) is 0 Å². The van der Waals surface area contributed by atoms with Gasteiger partial charge in [-0.1, -0.05) is 33.1 Å². The van der Waals surface area contributed by atoms with E-state index in [1.807, 2.05) is 0 Å². The second kappa shape index (κ2) is 3.05. The Morgan fingerprint density at radius 3 is 2.75 bits per heavy atom. The van der Waals surface area contributed by atoms with E-state index in [4.69, 9.17) is 0 Å². The Kier molecular flexibility index (Phi) is 2.18. The molecular weight excluding hydrogens is 144 g/mol. The molecule has 0 bridgehead atoms.